The number of benzene rings is 1. The fraction of sp³-hybridized carbons (Fsp3) is 0.438. The standard InChI is InChI=1S/C16H22FNO2/c1-11-9-13(10-12(2)14(11)17)7-6-8-18-15(19)20-16(3,4)5/h6-7,9-10H,8H2,1-5H3,(H,18,19). The molecule has 0 heterocycles. The van der Waals surface area contributed by atoms with Crippen LogP contribution in [0, 0.1) is 19.7 Å². The van der Waals surface area contributed by atoms with E-state index in [1.807, 2.05) is 26.8 Å². The highest BCUT2D eigenvalue weighted by atomic mass is 19.1. The van der Waals surface area contributed by atoms with Crippen LogP contribution in [-0.4, -0.2) is 18.2 Å². The molecular weight excluding hydrogens is 257 g/mol. The Kier molecular flexibility index (Phi) is 5.31. The lowest BCUT2D eigenvalue weighted by atomic mass is 10.1. The lowest BCUT2D eigenvalue weighted by Gasteiger charge is -2.19. The largest absolute Gasteiger partial charge is 0.444 e. The Morgan fingerprint density at radius 1 is 1.30 bits per heavy atom. The van der Waals surface area contributed by atoms with Crippen molar-refractivity contribution in [2.24, 2.45) is 0 Å². The summed E-state index contributed by atoms with van der Waals surface area (Å²) in [5.41, 5.74) is 1.64. The first-order chi connectivity index (χ1) is 9.19. The summed E-state index contributed by atoms with van der Waals surface area (Å²) in [6.07, 6.45) is 3.20. The highest BCUT2D eigenvalue weighted by Gasteiger charge is 2.14. The zero-order valence-electron chi connectivity index (χ0n) is 12.7. The Balaban J connectivity index is 2.52. The molecule has 0 saturated heterocycles. The maximum atomic E-state index is 13.5. The van der Waals surface area contributed by atoms with Crippen LogP contribution in [0.4, 0.5) is 9.18 Å². The topological polar surface area (TPSA) is 38.3 Å². The van der Waals surface area contributed by atoms with Crippen molar-refractivity contribution < 1.29 is 13.9 Å². The van der Waals surface area contributed by atoms with Crippen molar-refractivity contribution in [1.82, 2.24) is 5.32 Å². The van der Waals surface area contributed by atoms with E-state index in [1.165, 1.54) is 0 Å². The quantitative estimate of drug-likeness (QED) is 0.908. The minimum Gasteiger partial charge on any atom is -0.444 e. The molecule has 1 amide bonds. The third kappa shape index (κ3) is 5.43. The van der Waals surface area contributed by atoms with E-state index in [0.717, 1.165) is 5.56 Å². The molecule has 20 heavy (non-hydrogen) atoms. The van der Waals surface area contributed by atoms with Crippen LogP contribution in [0.25, 0.3) is 6.08 Å². The summed E-state index contributed by atoms with van der Waals surface area (Å²) in [7, 11) is 0. The average Bonchev–Trinajstić information content (AvgIpc) is 2.29. The maximum absolute atomic E-state index is 13.5. The van der Waals surface area contributed by atoms with E-state index in [0.29, 0.717) is 17.7 Å². The van der Waals surface area contributed by atoms with Gasteiger partial charge in [0.25, 0.3) is 0 Å². The molecule has 0 unspecified atom stereocenters. The van der Waals surface area contributed by atoms with Crippen LogP contribution in [0.5, 0.6) is 0 Å². The van der Waals surface area contributed by atoms with Crippen LogP contribution in [0.15, 0.2) is 18.2 Å². The average molecular weight is 279 g/mol. The molecule has 1 rings (SSSR count). The number of aryl methyl sites for hydroxylation is 2. The SMILES string of the molecule is Cc1cc(C=CCNC(=O)OC(C)(C)C)cc(C)c1F. The van der Waals surface area contributed by atoms with Crippen molar-refractivity contribution in [2.45, 2.75) is 40.2 Å². The van der Waals surface area contributed by atoms with Crippen LogP contribution < -0.4 is 5.32 Å². The Bertz CT molecular complexity index is 493. The molecule has 0 aliphatic carbocycles. The van der Waals surface area contributed by atoms with Gasteiger partial charge < -0.3 is 10.1 Å². The molecule has 0 aliphatic rings. The second kappa shape index (κ2) is 6.55. The van der Waals surface area contributed by atoms with E-state index in [2.05, 4.69) is 5.32 Å². The van der Waals surface area contributed by atoms with Gasteiger partial charge in [-0.15, -0.1) is 0 Å². The van der Waals surface area contributed by atoms with E-state index in [4.69, 9.17) is 4.74 Å². The van der Waals surface area contributed by atoms with Gasteiger partial charge in [0.05, 0.1) is 0 Å². The van der Waals surface area contributed by atoms with Crippen LogP contribution in [0.1, 0.15) is 37.5 Å². The molecule has 0 saturated carbocycles. The van der Waals surface area contributed by atoms with Gasteiger partial charge in [-0.05, 0) is 63.4 Å². The Labute approximate surface area is 119 Å². The third-order valence-corrected chi connectivity index (χ3v) is 2.53. The second-order valence-electron chi connectivity index (χ2n) is 5.75. The Hall–Kier alpha value is -1.84. The fourth-order valence-electron chi connectivity index (χ4n) is 1.73. The molecule has 1 aromatic carbocycles. The lowest BCUT2D eigenvalue weighted by Crippen LogP contribution is -2.32. The predicted octanol–water partition coefficient (Wildman–Crippen LogP) is 3.98. The predicted molar refractivity (Wildman–Crippen MR) is 79.1 cm³/mol. The fourth-order valence-corrected chi connectivity index (χ4v) is 1.73. The van der Waals surface area contributed by atoms with Gasteiger partial charge in [0.2, 0.25) is 0 Å². The first-order valence-corrected chi connectivity index (χ1v) is 6.59. The number of alkyl carbamates (subject to hydrolysis) is 1. The summed E-state index contributed by atoms with van der Waals surface area (Å²) in [5, 5.41) is 2.63. The van der Waals surface area contributed by atoms with Crippen LogP contribution in [-0.2, 0) is 4.74 Å². The highest BCUT2D eigenvalue weighted by molar-refractivity contribution is 5.68. The van der Waals surface area contributed by atoms with Gasteiger partial charge in [0, 0.05) is 6.54 Å². The summed E-state index contributed by atoms with van der Waals surface area (Å²) >= 11 is 0. The summed E-state index contributed by atoms with van der Waals surface area (Å²) in [6, 6.07) is 3.54. The first-order valence-electron chi connectivity index (χ1n) is 6.59. The van der Waals surface area contributed by atoms with E-state index < -0.39 is 11.7 Å². The number of hydrogen-bond donors (Lipinski definition) is 1. The number of amides is 1. The first kappa shape index (κ1) is 16.2. The van der Waals surface area contributed by atoms with Gasteiger partial charge in [-0.25, -0.2) is 9.18 Å². The number of hydrogen-bond acceptors (Lipinski definition) is 2. The minimum atomic E-state index is -0.501. The zero-order chi connectivity index (χ0) is 15.3. The van der Waals surface area contributed by atoms with Crippen LogP contribution in [0.3, 0.4) is 0 Å². The molecule has 0 bridgehead atoms. The van der Waals surface area contributed by atoms with Crippen molar-refractivity contribution >= 4 is 12.2 Å². The zero-order valence-corrected chi connectivity index (χ0v) is 12.7. The molecule has 4 heteroatoms. The van der Waals surface area contributed by atoms with Gasteiger partial charge in [-0.3, -0.25) is 0 Å². The van der Waals surface area contributed by atoms with Crippen LogP contribution in [0.2, 0.25) is 0 Å². The molecule has 110 valence electrons. The van der Waals surface area contributed by atoms with Crippen LogP contribution >= 0.6 is 0 Å². The van der Waals surface area contributed by atoms with E-state index in [9.17, 15) is 9.18 Å². The molecule has 0 radical (unpaired) electrons. The third-order valence-electron chi connectivity index (χ3n) is 2.53. The maximum Gasteiger partial charge on any atom is 0.407 e. The lowest BCUT2D eigenvalue weighted by molar-refractivity contribution is 0.0534. The molecule has 0 spiro atoms. The second-order valence-corrected chi connectivity index (χ2v) is 5.75. The molecule has 0 aromatic heterocycles. The normalized spacial score (nSPS) is 11.7. The van der Waals surface area contributed by atoms with Gasteiger partial charge in [-0.2, -0.15) is 0 Å². The molecule has 1 aromatic rings. The number of rotatable bonds is 3. The van der Waals surface area contributed by atoms with E-state index in [1.54, 1.807) is 32.1 Å². The molecule has 0 fully saturated rings. The summed E-state index contributed by atoms with van der Waals surface area (Å²) in [4.78, 5) is 11.4. The molecule has 1 N–H and O–H groups in total. The summed E-state index contributed by atoms with van der Waals surface area (Å²) in [6.45, 7) is 9.27. The number of carbonyl (C=O) groups is 1. The van der Waals surface area contributed by atoms with E-state index in [-0.39, 0.29) is 5.82 Å². The monoisotopic (exact) mass is 279 g/mol. The Morgan fingerprint density at radius 2 is 1.85 bits per heavy atom. The van der Waals surface area contributed by atoms with Crippen molar-refractivity contribution in [3.8, 4) is 0 Å². The number of halogens is 1. The molecular formula is C16H22FNO2. The minimum absolute atomic E-state index is 0.172. The van der Waals surface area contributed by atoms with Gasteiger partial charge in [0.15, 0.2) is 0 Å². The Morgan fingerprint density at radius 3 is 2.35 bits per heavy atom. The van der Waals surface area contributed by atoms with Crippen molar-refractivity contribution in [3.05, 3.63) is 40.7 Å². The van der Waals surface area contributed by atoms with E-state index >= 15 is 0 Å². The smallest absolute Gasteiger partial charge is 0.407 e. The van der Waals surface area contributed by atoms with Crippen molar-refractivity contribution in [2.75, 3.05) is 6.54 Å². The van der Waals surface area contributed by atoms with Crippen molar-refractivity contribution in [3.63, 3.8) is 0 Å². The number of carbonyl (C=O) groups excluding carboxylic acids is 1. The molecule has 3 nitrogen and oxygen atoms in total. The summed E-state index contributed by atoms with van der Waals surface area (Å²) < 4.78 is 18.6. The van der Waals surface area contributed by atoms with Gasteiger partial charge >= 0.3 is 6.09 Å². The van der Waals surface area contributed by atoms with Crippen molar-refractivity contribution in [1.29, 1.82) is 0 Å². The van der Waals surface area contributed by atoms with Gasteiger partial charge in [-0.1, -0.05) is 12.2 Å². The molecule has 0 atom stereocenters. The number of ether oxygens (including phenoxy) is 1. The summed E-state index contributed by atoms with van der Waals surface area (Å²) in [5.74, 6) is -0.172. The highest BCUT2D eigenvalue weighted by Crippen LogP contribution is 2.15. The number of nitrogens with one attached hydrogen (secondary N) is 1. The molecule has 0 aliphatic heterocycles. The van der Waals surface area contributed by atoms with Gasteiger partial charge in [0.1, 0.15) is 11.4 Å².